The molecule has 0 spiro atoms. The van der Waals surface area contributed by atoms with Gasteiger partial charge >= 0.3 is 5.97 Å². The Morgan fingerprint density at radius 2 is 2.21 bits per heavy atom. The molecule has 19 heavy (non-hydrogen) atoms. The number of aromatic nitrogens is 3. The van der Waals surface area contributed by atoms with Crippen LogP contribution in [0.2, 0.25) is 0 Å². The minimum absolute atomic E-state index is 0.165. The van der Waals surface area contributed by atoms with E-state index in [0.717, 1.165) is 43.9 Å². The first-order valence-corrected chi connectivity index (χ1v) is 7.03. The van der Waals surface area contributed by atoms with Crippen LogP contribution in [0.3, 0.4) is 0 Å². The van der Waals surface area contributed by atoms with Gasteiger partial charge in [-0.25, -0.2) is 4.79 Å². The van der Waals surface area contributed by atoms with Crippen LogP contribution in [0.25, 0.3) is 0 Å². The Morgan fingerprint density at radius 1 is 1.32 bits per heavy atom. The molecule has 2 aliphatic rings. The predicted molar refractivity (Wildman–Crippen MR) is 66.9 cm³/mol. The van der Waals surface area contributed by atoms with E-state index in [9.17, 15) is 9.90 Å². The molecule has 2 atom stereocenters. The molecule has 6 heteroatoms. The summed E-state index contributed by atoms with van der Waals surface area (Å²) in [6, 6.07) is -0.502. The first kappa shape index (κ1) is 12.6. The molecular weight excluding hydrogens is 246 g/mol. The second kappa shape index (κ2) is 5.28. The summed E-state index contributed by atoms with van der Waals surface area (Å²) in [6.45, 7) is 0.800. The SMILES string of the molecule is O=C(O)C1CCCc2nnc(CC3CCCCO3)n21. The summed E-state index contributed by atoms with van der Waals surface area (Å²) in [6.07, 6.45) is 6.52. The van der Waals surface area contributed by atoms with Crippen molar-refractivity contribution in [3.63, 3.8) is 0 Å². The molecule has 0 amide bonds. The maximum atomic E-state index is 11.4. The smallest absolute Gasteiger partial charge is 0.326 e. The van der Waals surface area contributed by atoms with Crippen molar-refractivity contribution >= 4 is 5.97 Å². The summed E-state index contributed by atoms with van der Waals surface area (Å²) in [4.78, 5) is 11.4. The fourth-order valence-corrected chi connectivity index (χ4v) is 3.02. The maximum Gasteiger partial charge on any atom is 0.326 e. The molecule has 1 aromatic heterocycles. The van der Waals surface area contributed by atoms with Crippen molar-refractivity contribution in [3.05, 3.63) is 11.6 Å². The van der Waals surface area contributed by atoms with Gasteiger partial charge in [-0.2, -0.15) is 0 Å². The third-order valence-electron chi connectivity index (χ3n) is 4.00. The number of hydrogen-bond donors (Lipinski definition) is 1. The van der Waals surface area contributed by atoms with Crippen LogP contribution in [0.5, 0.6) is 0 Å². The third-order valence-corrected chi connectivity index (χ3v) is 4.00. The second-order valence-electron chi connectivity index (χ2n) is 5.34. The Kier molecular flexibility index (Phi) is 3.50. The summed E-state index contributed by atoms with van der Waals surface area (Å²) in [5.41, 5.74) is 0. The van der Waals surface area contributed by atoms with Gasteiger partial charge in [0.1, 0.15) is 17.7 Å². The normalized spacial score (nSPS) is 26.9. The summed E-state index contributed by atoms with van der Waals surface area (Å²) in [7, 11) is 0. The van der Waals surface area contributed by atoms with Crippen LogP contribution in [-0.4, -0.2) is 38.6 Å². The van der Waals surface area contributed by atoms with Crippen molar-refractivity contribution in [1.29, 1.82) is 0 Å². The number of aryl methyl sites for hydroxylation is 1. The number of aliphatic carboxylic acids is 1. The van der Waals surface area contributed by atoms with Crippen molar-refractivity contribution in [2.75, 3.05) is 6.61 Å². The minimum Gasteiger partial charge on any atom is -0.480 e. The Balaban J connectivity index is 1.82. The number of carboxylic acid groups (broad SMARTS) is 1. The molecule has 1 N–H and O–H groups in total. The van der Waals surface area contributed by atoms with Crippen LogP contribution in [0.1, 0.15) is 49.8 Å². The van der Waals surface area contributed by atoms with Crippen molar-refractivity contribution in [2.24, 2.45) is 0 Å². The molecule has 3 rings (SSSR count). The molecular formula is C13H19N3O3. The lowest BCUT2D eigenvalue weighted by Crippen LogP contribution is -2.29. The quantitative estimate of drug-likeness (QED) is 0.892. The molecule has 0 aliphatic carbocycles. The van der Waals surface area contributed by atoms with Gasteiger partial charge in [-0.3, -0.25) is 0 Å². The average Bonchev–Trinajstić information content (AvgIpc) is 2.83. The minimum atomic E-state index is -0.786. The number of fused-ring (bicyclic) bond motifs is 1. The number of ether oxygens (including phenoxy) is 1. The highest BCUT2D eigenvalue weighted by Crippen LogP contribution is 2.27. The number of nitrogens with zero attached hydrogens (tertiary/aromatic N) is 3. The van der Waals surface area contributed by atoms with E-state index in [4.69, 9.17) is 4.74 Å². The van der Waals surface area contributed by atoms with Gasteiger partial charge in [0, 0.05) is 19.4 Å². The van der Waals surface area contributed by atoms with Gasteiger partial charge < -0.3 is 14.4 Å². The summed E-state index contributed by atoms with van der Waals surface area (Å²) < 4.78 is 7.53. The Bertz CT molecular complexity index is 466. The lowest BCUT2D eigenvalue weighted by atomic mass is 10.0. The lowest BCUT2D eigenvalue weighted by molar-refractivity contribution is -0.141. The van der Waals surface area contributed by atoms with Gasteiger partial charge in [0.25, 0.3) is 0 Å². The largest absolute Gasteiger partial charge is 0.480 e. The molecule has 6 nitrogen and oxygen atoms in total. The number of rotatable bonds is 3. The number of carboxylic acids is 1. The average molecular weight is 265 g/mol. The molecule has 0 bridgehead atoms. The Hall–Kier alpha value is -1.43. The fraction of sp³-hybridized carbons (Fsp3) is 0.769. The van der Waals surface area contributed by atoms with E-state index in [1.807, 2.05) is 4.57 Å². The van der Waals surface area contributed by atoms with E-state index in [1.54, 1.807) is 0 Å². The highest BCUT2D eigenvalue weighted by Gasteiger charge is 2.30. The highest BCUT2D eigenvalue weighted by molar-refractivity contribution is 5.72. The molecule has 2 unspecified atom stereocenters. The van der Waals surface area contributed by atoms with Crippen molar-refractivity contribution in [2.45, 2.75) is 57.1 Å². The van der Waals surface area contributed by atoms with Crippen LogP contribution in [0.15, 0.2) is 0 Å². The van der Waals surface area contributed by atoms with Crippen LogP contribution >= 0.6 is 0 Å². The van der Waals surface area contributed by atoms with E-state index in [2.05, 4.69) is 10.2 Å². The lowest BCUT2D eigenvalue weighted by Gasteiger charge is -2.25. The second-order valence-corrected chi connectivity index (χ2v) is 5.34. The van der Waals surface area contributed by atoms with Gasteiger partial charge in [0.05, 0.1) is 6.10 Å². The highest BCUT2D eigenvalue weighted by atomic mass is 16.5. The third kappa shape index (κ3) is 2.49. The standard InChI is InChI=1S/C13H19N3O3/c17-13(18)10-5-3-6-11-14-15-12(16(10)11)8-9-4-1-2-7-19-9/h9-10H,1-8H2,(H,17,18). The molecule has 1 fully saturated rings. The molecule has 1 saturated heterocycles. The van der Waals surface area contributed by atoms with E-state index in [0.29, 0.717) is 12.8 Å². The topological polar surface area (TPSA) is 77.2 Å². The Labute approximate surface area is 111 Å². The number of carbonyl (C=O) groups is 1. The summed E-state index contributed by atoms with van der Waals surface area (Å²) >= 11 is 0. The molecule has 2 aliphatic heterocycles. The van der Waals surface area contributed by atoms with E-state index < -0.39 is 12.0 Å². The molecule has 0 saturated carbocycles. The zero-order chi connectivity index (χ0) is 13.2. The Morgan fingerprint density at radius 3 is 2.95 bits per heavy atom. The molecule has 3 heterocycles. The molecule has 1 aromatic rings. The maximum absolute atomic E-state index is 11.4. The van der Waals surface area contributed by atoms with Crippen molar-refractivity contribution < 1.29 is 14.6 Å². The predicted octanol–water partition coefficient (Wildman–Crippen LogP) is 1.35. The van der Waals surface area contributed by atoms with Crippen LogP contribution in [0, 0.1) is 0 Å². The molecule has 0 aromatic carbocycles. The van der Waals surface area contributed by atoms with Crippen LogP contribution in [0.4, 0.5) is 0 Å². The zero-order valence-corrected chi connectivity index (χ0v) is 10.9. The van der Waals surface area contributed by atoms with Gasteiger partial charge in [0.2, 0.25) is 0 Å². The molecule has 0 radical (unpaired) electrons. The number of hydrogen-bond acceptors (Lipinski definition) is 4. The summed E-state index contributed by atoms with van der Waals surface area (Å²) in [5, 5.41) is 17.7. The first-order valence-electron chi connectivity index (χ1n) is 7.03. The van der Waals surface area contributed by atoms with E-state index >= 15 is 0 Å². The van der Waals surface area contributed by atoms with Gasteiger partial charge in [-0.15, -0.1) is 10.2 Å². The van der Waals surface area contributed by atoms with Gasteiger partial charge in [-0.05, 0) is 32.1 Å². The van der Waals surface area contributed by atoms with Crippen molar-refractivity contribution in [3.8, 4) is 0 Å². The van der Waals surface area contributed by atoms with Gasteiger partial charge in [0.15, 0.2) is 0 Å². The zero-order valence-electron chi connectivity index (χ0n) is 10.9. The fourth-order valence-electron chi connectivity index (χ4n) is 3.02. The van der Waals surface area contributed by atoms with E-state index in [1.165, 1.54) is 6.42 Å². The van der Waals surface area contributed by atoms with Crippen LogP contribution < -0.4 is 0 Å². The summed E-state index contributed by atoms with van der Waals surface area (Å²) in [5.74, 6) is 0.796. The first-order chi connectivity index (χ1) is 9.25. The monoisotopic (exact) mass is 265 g/mol. The van der Waals surface area contributed by atoms with Gasteiger partial charge in [-0.1, -0.05) is 0 Å². The van der Waals surface area contributed by atoms with Crippen LogP contribution in [-0.2, 0) is 22.4 Å². The van der Waals surface area contributed by atoms with E-state index in [-0.39, 0.29) is 6.10 Å². The van der Waals surface area contributed by atoms with Crippen molar-refractivity contribution in [1.82, 2.24) is 14.8 Å². The molecule has 104 valence electrons.